The summed E-state index contributed by atoms with van der Waals surface area (Å²) < 4.78 is 1.89. The number of aromatic nitrogens is 3. The second kappa shape index (κ2) is 8.21. The molecule has 2 atom stereocenters. The van der Waals surface area contributed by atoms with Gasteiger partial charge in [-0.15, -0.1) is 5.10 Å². The zero-order chi connectivity index (χ0) is 18.6. The minimum absolute atomic E-state index is 0.0279. The topological polar surface area (TPSA) is 63.1 Å². The van der Waals surface area contributed by atoms with Crippen LogP contribution in [0.25, 0.3) is 0 Å². The fourth-order valence-corrected chi connectivity index (χ4v) is 4.56. The first kappa shape index (κ1) is 18.2. The van der Waals surface area contributed by atoms with Crippen molar-refractivity contribution in [2.24, 2.45) is 5.92 Å². The van der Waals surface area contributed by atoms with Crippen molar-refractivity contribution >= 4 is 5.91 Å². The van der Waals surface area contributed by atoms with E-state index in [1.807, 2.05) is 15.8 Å². The largest absolute Gasteiger partial charge is 0.337 e. The van der Waals surface area contributed by atoms with Crippen molar-refractivity contribution < 1.29 is 4.79 Å². The van der Waals surface area contributed by atoms with E-state index >= 15 is 0 Å². The van der Waals surface area contributed by atoms with Crippen LogP contribution in [0, 0.1) is 5.92 Å². The van der Waals surface area contributed by atoms with E-state index in [0.717, 1.165) is 51.9 Å². The maximum atomic E-state index is 13.0. The molecule has 144 valence electrons. The summed E-state index contributed by atoms with van der Waals surface area (Å²) >= 11 is 0. The molecule has 0 aliphatic carbocycles. The van der Waals surface area contributed by atoms with Crippen LogP contribution in [0.1, 0.15) is 60.6 Å². The van der Waals surface area contributed by atoms with Gasteiger partial charge >= 0.3 is 0 Å². The average Bonchev–Trinajstić information content (AvgIpc) is 3.24. The Bertz CT molecular complexity index is 753. The molecule has 27 heavy (non-hydrogen) atoms. The second-order valence-electron chi connectivity index (χ2n) is 7.79. The van der Waals surface area contributed by atoms with Gasteiger partial charge in [-0.05, 0) is 49.8 Å². The Labute approximate surface area is 160 Å². The van der Waals surface area contributed by atoms with Crippen LogP contribution in [0.5, 0.6) is 0 Å². The maximum absolute atomic E-state index is 13.0. The number of hydrogen-bond acceptors (Lipinski definition) is 4. The first-order chi connectivity index (χ1) is 13.3. The van der Waals surface area contributed by atoms with Gasteiger partial charge in [0.2, 0.25) is 0 Å². The number of carbonyl (C=O) groups is 1. The summed E-state index contributed by atoms with van der Waals surface area (Å²) in [5.74, 6) is 1.05. The molecule has 1 N–H and O–H groups in total. The van der Waals surface area contributed by atoms with Crippen molar-refractivity contribution in [1.29, 1.82) is 0 Å². The van der Waals surface area contributed by atoms with Crippen LogP contribution in [0.3, 0.4) is 0 Å². The lowest BCUT2D eigenvalue weighted by molar-refractivity contribution is 0.0639. The van der Waals surface area contributed by atoms with E-state index in [-0.39, 0.29) is 5.91 Å². The first-order valence-corrected chi connectivity index (χ1v) is 10.2. The number of nitrogens with zero attached hydrogens (tertiary/aromatic N) is 4. The van der Waals surface area contributed by atoms with Gasteiger partial charge in [0.25, 0.3) is 5.91 Å². The molecule has 1 aromatic heterocycles. The average molecular weight is 367 g/mol. The van der Waals surface area contributed by atoms with Gasteiger partial charge in [0.1, 0.15) is 0 Å². The predicted octanol–water partition coefficient (Wildman–Crippen LogP) is 2.86. The number of hydrogen-bond donors (Lipinski definition) is 1. The molecule has 0 radical (unpaired) electrons. The van der Waals surface area contributed by atoms with Crippen molar-refractivity contribution in [2.45, 2.75) is 44.6 Å². The summed E-state index contributed by atoms with van der Waals surface area (Å²) in [6.45, 7) is 5.81. The van der Waals surface area contributed by atoms with Crippen molar-refractivity contribution in [1.82, 2.24) is 25.2 Å². The fraction of sp³-hybridized carbons (Fsp3) is 0.571. The molecular formula is C21H29N5O. The highest BCUT2D eigenvalue weighted by Gasteiger charge is 2.32. The third-order valence-corrected chi connectivity index (χ3v) is 6.19. The van der Waals surface area contributed by atoms with Crippen molar-refractivity contribution in [2.75, 3.05) is 26.2 Å². The lowest BCUT2D eigenvalue weighted by Crippen LogP contribution is -2.43. The summed E-state index contributed by atoms with van der Waals surface area (Å²) in [4.78, 5) is 15.0. The Morgan fingerprint density at radius 3 is 2.70 bits per heavy atom. The van der Waals surface area contributed by atoms with Crippen LogP contribution in [0.2, 0.25) is 0 Å². The maximum Gasteiger partial charge on any atom is 0.276 e. The van der Waals surface area contributed by atoms with E-state index in [1.165, 1.54) is 5.56 Å². The molecule has 0 spiro atoms. The quantitative estimate of drug-likeness (QED) is 0.903. The predicted molar refractivity (Wildman–Crippen MR) is 105 cm³/mol. The van der Waals surface area contributed by atoms with Gasteiger partial charge in [-0.25, -0.2) is 4.68 Å². The van der Waals surface area contributed by atoms with Crippen molar-refractivity contribution in [3.63, 3.8) is 0 Å². The summed E-state index contributed by atoms with van der Waals surface area (Å²) in [7, 11) is 0. The number of likely N-dealkylation sites (tertiary alicyclic amines) is 1. The van der Waals surface area contributed by atoms with Gasteiger partial charge in [0.05, 0.1) is 12.2 Å². The molecule has 0 saturated carbocycles. The lowest BCUT2D eigenvalue weighted by Gasteiger charge is -2.38. The molecule has 4 rings (SSSR count). The van der Waals surface area contributed by atoms with Crippen LogP contribution >= 0.6 is 0 Å². The highest BCUT2D eigenvalue weighted by molar-refractivity contribution is 5.92. The highest BCUT2D eigenvalue weighted by Crippen LogP contribution is 2.35. The zero-order valence-electron chi connectivity index (χ0n) is 16.1. The van der Waals surface area contributed by atoms with Gasteiger partial charge in [0.15, 0.2) is 5.69 Å². The summed E-state index contributed by atoms with van der Waals surface area (Å²) in [5, 5.41) is 11.8. The second-order valence-corrected chi connectivity index (χ2v) is 7.79. The molecule has 1 aromatic carbocycles. The van der Waals surface area contributed by atoms with Crippen LogP contribution in [-0.2, 0) is 0 Å². The summed E-state index contributed by atoms with van der Waals surface area (Å²) in [6, 6.07) is 11.1. The molecule has 3 heterocycles. The number of nitrogens with one attached hydrogen (secondary N) is 1. The molecule has 0 bridgehead atoms. The molecule has 2 aromatic rings. The number of benzene rings is 1. The van der Waals surface area contributed by atoms with E-state index in [0.29, 0.717) is 23.6 Å². The van der Waals surface area contributed by atoms with Gasteiger partial charge in [-0.2, -0.15) is 0 Å². The molecular weight excluding hydrogens is 338 g/mol. The summed E-state index contributed by atoms with van der Waals surface area (Å²) in [5.41, 5.74) is 1.88. The third-order valence-electron chi connectivity index (χ3n) is 6.19. The summed E-state index contributed by atoms with van der Waals surface area (Å²) in [6.07, 6.45) is 6.01. The highest BCUT2D eigenvalue weighted by atomic mass is 16.2. The Morgan fingerprint density at radius 2 is 1.96 bits per heavy atom. The molecule has 2 aliphatic heterocycles. The SMILES string of the molecule is CC[C@H]1CN(C(=O)c2cn(C3CCNCC3)nn2)CC[C@@H]1c1ccccc1. The Hall–Kier alpha value is -2.21. The van der Waals surface area contributed by atoms with Gasteiger partial charge in [-0.3, -0.25) is 4.79 Å². The van der Waals surface area contributed by atoms with E-state index in [9.17, 15) is 4.79 Å². The molecule has 6 nitrogen and oxygen atoms in total. The van der Waals surface area contributed by atoms with Gasteiger partial charge in [-0.1, -0.05) is 48.9 Å². The molecule has 0 unspecified atom stereocenters. The zero-order valence-corrected chi connectivity index (χ0v) is 16.1. The molecule has 2 saturated heterocycles. The normalized spacial score (nSPS) is 24.1. The number of carbonyl (C=O) groups excluding carboxylic acids is 1. The number of amides is 1. The van der Waals surface area contributed by atoms with Gasteiger partial charge in [0, 0.05) is 13.1 Å². The van der Waals surface area contributed by atoms with Crippen molar-refractivity contribution in [3.05, 3.63) is 47.8 Å². The fourth-order valence-electron chi connectivity index (χ4n) is 4.56. The van der Waals surface area contributed by atoms with E-state index < -0.39 is 0 Å². The third kappa shape index (κ3) is 3.90. The molecule has 6 heteroatoms. The minimum atomic E-state index is 0.0279. The van der Waals surface area contributed by atoms with E-state index in [1.54, 1.807) is 0 Å². The minimum Gasteiger partial charge on any atom is -0.337 e. The van der Waals surface area contributed by atoms with Crippen molar-refractivity contribution in [3.8, 4) is 0 Å². The lowest BCUT2D eigenvalue weighted by atomic mass is 9.79. The number of piperidine rings is 2. The number of rotatable bonds is 4. The Balaban J connectivity index is 1.43. The first-order valence-electron chi connectivity index (χ1n) is 10.2. The van der Waals surface area contributed by atoms with Crippen LogP contribution in [-0.4, -0.2) is 52.0 Å². The molecule has 2 aliphatic rings. The smallest absolute Gasteiger partial charge is 0.276 e. The Morgan fingerprint density at radius 1 is 1.19 bits per heavy atom. The van der Waals surface area contributed by atoms with E-state index in [2.05, 4.69) is 52.9 Å². The van der Waals surface area contributed by atoms with E-state index in [4.69, 9.17) is 0 Å². The standard InChI is InChI=1S/C21H29N5O/c1-2-16-14-25(13-10-19(16)17-6-4-3-5-7-17)21(27)20-15-26(24-23-20)18-8-11-22-12-9-18/h3-7,15-16,18-19,22H,2,8-14H2,1H3/t16-,19-/m0/s1. The van der Waals surface area contributed by atoms with Gasteiger partial charge < -0.3 is 10.2 Å². The molecule has 1 amide bonds. The van der Waals surface area contributed by atoms with Crippen LogP contribution in [0.4, 0.5) is 0 Å². The van der Waals surface area contributed by atoms with Crippen LogP contribution < -0.4 is 5.32 Å². The monoisotopic (exact) mass is 367 g/mol. The molecule has 2 fully saturated rings. The van der Waals surface area contributed by atoms with Crippen LogP contribution in [0.15, 0.2) is 36.5 Å². The Kier molecular flexibility index (Phi) is 5.53.